The van der Waals surface area contributed by atoms with Crippen LogP contribution in [0.4, 0.5) is 47.2 Å². The standard InChI is InChI=1S/C19H15ClF3NO7.C14H10F4N4O7S.C8H6Cl2O3.C5H12NO4P/c1-3-29-17(25)10(2)30-18(26)13-9-12(5-6-15(13)24(27)28)31-16-7-4-11(8-14(16)20)19(21,22)23;15-11(16)28-8-5-9(29-12(17)18)20-13(19-8)21-14(25)22-30(26,27)7-4-2-1-3-6(7)10(23)24;1-13-7-5(10)3-2-4(9)6(7)8(11)12;1-11(9,10)3-2-4(6)5(7)8/h4-10H,3H2,1-2H3;1-5,11-12H,(H,23,24)(H2,19,20,21,22,25);2-3H,1H3,(H,11,12);4H,2-3,6H2,1H3,(H,7,8)(H,9,10). The fraction of sp³-hybridized carbons (Fsp3) is 0.261. The number of carbonyl (C=O) groups excluding carboxylic acids is 3. The van der Waals surface area contributed by atoms with Crippen LogP contribution in [0, 0.1) is 10.1 Å². The molecule has 0 fully saturated rings. The number of nitrogens with two attached hydrogens (primary N) is 1. The number of carboxylic acid groups (broad SMARTS) is 3. The number of carboxylic acids is 3. The molecule has 464 valence electrons. The average Bonchev–Trinajstić information content (AvgIpc) is 3.60. The van der Waals surface area contributed by atoms with E-state index in [1.807, 2.05) is 0 Å². The van der Waals surface area contributed by atoms with Crippen LogP contribution in [0.2, 0.25) is 15.1 Å². The lowest BCUT2D eigenvalue weighted by Crippen LogP contribution is -2.35. The highest BCUT2D eigenvalue weighted by Gasteiger charge is 2.32. The van der Waals surface area contributed by atoms with Crippen molar-refractivity contribution in [2.45, 2.75) is 56.7 Å². The van der Waals surface area contributed by atoms with E-state index in [4.69, 9.17) is 79.7 Å². The number of aromatic carboxylic acids is 2. The van der Waals surface area contributed by atoms with Crippen LogP contribution in [0.15, 0.2) is 83.8 Å². The van der Waals surface area contributed by atoms with Crippen LogP contribution in [-0.2, 0) is 39.8 Å². The Hall–Kier alpha value is -8.34. The lowest BCUT2D eigenvalue weighted by molar-refractivity contribution is -0.385. The number of hydrogen-bond acceptors (Lipinski definition) is 20. The first-order valence-electron chi connectivity index (χ1n) is 22.5. The second-order valence-corrected chi connectivity index (χ2v) is 21.1. The number of urea groups is 1. The summed E-state index contributed by atoms with van der Waals surface area (Å²) in [6.07, 6.45) is -5.94. The van der Waals surface area contributed by atoms with E-state index >= 15 is 0 Å². The number of rotatable bonds is 21. The number of nitrogens with one attached hydrogen (secondary N) is 2. The molecular weight excluding hydrogens is 1270 g/mol. The van der Waals surface area contributed by atoms with Gasteiger partial charge in [-0.1, -0.05) is 46.9 Å². The zero-order valence-electron chi connectivity index (χ0n) is 43.2. The van der Waals surface area contributed by atoms with Gasteiger partial charge < -0.3 is 54.4 Å². The predicted octanol–water partition coefficient (Wildman–Crippen LogP) is 9.44. The number of aliphatic carboxylic acids is 1. The maximum absolute atomic E-state index is 12.8. The highest BCUT2D eigenvalue weighted by Crippen LogP contribution is 2.38. The maximum Gasteiger partial charge on any atom is 0.416 e. The summed E-state index contributed by atoms with van der Waals surface area (Å²) in [6, 6.07) is 10.5. The molecule has 2 amide bonds. The molecule has 5 aromatic rings. The van der Waals surface area contributed by atoms with Crippen LogP contribution in [0.5, 0.6) is 29.0 Å². The smallest absolute Gasteiger partial charge is 0.416 e. The maximum atomic E-state index is 12.8. The van der Waals surface area contributed by atoms with Crippen molar-refractivity contribution in [1.82, 2.24) is 14.7 Å². The minimum absolute atomic E-state index is 0.0398. The Kier molecular flexibility index (Phi) is 27.9. The Balaban J connectivity index is 0.000000422. The van der Waals surface area contributed by atoms with E-state index in [9.17, 15) is 82.6 Å². The van der Waals surface area contributed by atoms with Gasteiger partial charge in [0.1, 0.15) is 33.6 Å². The van der Waals surface area contributed by atoms with Gasteiger partial charge in [-0.2, -0.15) is 40.7 Å². The summed E-state index contributed by atoms with van der Waals surface area (Å²) < 4.78 is 152. The molecule has 4 aromatic carbocycles. The molecule has 0 radical (unpaired) electrons. The number of nitro benzene ring substituents is 1. The van der Waals surface area contributed by atoms with E-state index in [1.54, 1.807) is 12.2 Å². The molecule has 3 unspecified atom stereocenters. The van der Waals surface area contributed by atoms with Crippen LogP contribution in [0.1, 0.15) is 56.9 Å². The third kappa shape index (κ3) is 24.4. The van der Waals surface area contributed by atoms with Crippen LogP contribution in [0.25, 0.3) is 0 Å². The number of sulfonamides is 1. The molecule has 85 heavy (non-hydrogen) atoms. The molecule has 0 bridgehead atoms. The summed E-state index contributed by atoms with van der Waals surface area (Å²) in [5, 5.41) is 39.0. The summed E-state index contributed by atoms with van der Waals surface area (Å²) in [5.74, 6) is -9.03. The largest absolute Gasteiger partial charge is 0.494 e. The van der Waals surface area contributed by atoms with Gasteiger partial charge in [-0.3, -0.25) is 24.8 Å². The number of esters is 2. The van der Waals surface area contributed by atoms with Crippen molar-refractivity contribution < 1.29 is 126 Å². The number of methoxy groups -OCH3 is 1. The first-order valence-corrected chi connectivity index (χ1v) is 27.4. The molecule has 8 N–H and O–H groups in total. The van der Waals surface area contributed by atoms with Crippen molar-refractivity contribution in [2.75, 3.05) is 31.9 Å². The Bertz CT molecular complexity index is 3380. The van der Waals surface area contributed by atoms with Gasteiger partial charge in [0.05, 0.1) is 50.9 Å². The van der Waals surface area contributed by atoms with Crippen LogP contribution in [-0.4, -0.2) is 131 Å². The SMILES string of the molecule is CCOC(=O)C(C)OC(=O)c1cc(Oc2ccc(C(F)(F)F)cc2Cl)ccc1[N+](=O)[O-].COc1c(Cl)ccc(Cl)c1C(=O)O.CP(=O)(O)CCC(N)C(=O)O.O=C(Nc1nc(OC(F)F)cc(OC(F)F)n1)NS(=O)(=O)c1ccccc1C(=O)O. The fourth-order valence-electron chi connectivity index (χ4n) is 5.70. The van der Waals surface area contributed by atoms with Crippen molar-refractivity contribution in [3.8, 4) is 29.0 Å². The number of ether oxygens (including phenoxy) is 6. The molecular formula is C46H43Cl3F7N6O21PS. The topological polar surface area (TPSA) is 409 Å². The second kappa shape index (κ2) is 32.6. The number of halogens is 10. The molecule has 1 heterocycles. The molecule has 39 heteroatoms. The first kappa shape index (κ1) is 72.8. The molecule has 0 saturated carbocycles. The Morgan fingerprint density at radius 2 is 1.41 bits per heavy atom. The van der Waals surface area contributed by atoms with E-state index in [-0.39, 0.29) is 57.1 Å². The van der Waals surface area contributed by atoms with Crippen molar-refractivity contribution in [2.24, 2.45) is 5.73 Å². The number of anilines is 1. The predicted molar refractivity (Wildman–Crippen MR) is 280 cm³/mol. The fourth-order valence-corrected chi connectivity index (χ4v) is 8.25. The molecule has 0 aliphatic carbocycles. The van der Waals surface area contributed by atoms with Gasteiger partial charge in [0.15, 0.2) is 19.2 Å². The highest BCUT2D eigenvalue weighted by atomic mass is 35.5. The number of nitro groups is 1. The first-order chi connectivity index (χ1) is 39.3. The number of aromatic nitrogens is 2. The van der Waals surface area contributed by atoms with Crippen LogP contribution < -0.4 is 34.7 Å². The Morgan fingerprint density at radius 1 is 0.835 bits per heavy atom. The third-order valence-corrected chi connectivity index (χ3v) is 12.8. The number of alkyl halides is 7. The summed E-state index contributed by atoms with van der Waals surface area (Å²) in [5.41, 5.74) is 2.17. The lowest BCUT2D eigenvalue weighted by Gasteiger charge is -2.13. The molecule has 0 aliphatic rings. The van der Waals surface area contributed by atoms with Gasteiger partial charge in [-0.15, -0.1) is 0 Å². The van der Waals surface area contributed by atoms with Crippen molar-refractivity contribution in [3.63, 3.8) is 0 Å². The van der Waals surface area contributed by atoms with Gasteiger partial charge in [0.2, 0.25) is 17.7 Å². The molecule has 1 aromatic heterocycles. The molecule has 5 rings (SSSR count). The summed E-state index contributed by atoms with van der Waals surface area (Å²) in [6.45, 7) is -2.82. The van der Waals surface area contributed by atoms with Gasteiger partial charge in [-0.05, 0) is 68.8 Å². The second-order valence-electron chi connectivity index (χ2n) is 15.7. The van der Waals surface area contributed by atoms with Gasteiger partial charge in [-0.25, -0.2) is 37.1 Å². The monoisotopic (exact) mass is 1320 g/mol. The lowest BCUT2D eigenvalue weighted by atomic mass is 10.1. The zero-order chi connectivity index (χ0) is 64.9. The van der Waals surface area contributed by atoms with Crippen molar-refractivity contribution >= 4 is 99.7 Å². The number of amides is 2. The van der Waals surface area contributed by atoms with E-state index in [0.717, 1.165) is 42.5 Å². The molecule has 3 atom stereocenters. The number of hydrogen-bond donors (Lipinski definition) is 7. The Labute approximate surface area is 488 Å². The molecule has 0 spiro atoms. The zero-order valence-corrected chi connectivity index (χ0v) is 47.2. The molecule has 0 aliphatic heterocycles. The Morgan fingerprint density at radius 3 is 1.88 bits per heavy atom. The summed E-state index contributed by atoms with van der Waals surface area (Å²) in [7, 11) is -6.48. The van der Waals surface area contributed by atoms with Crippen LogP contribution >= 0.6 is 42.2 Å². The van der Waals surface area contributed by atoms with Gasteiger partial charge >= 0.3 is 55.3 Å². The minimum Gasteiger partial charge on any atom is -0.494 e. The summed E-state index contributed by atoms with van der Waals surface area (Å²) in [4.78, 5) is 92.9. The van der Waals surface area contributed by atoms with Gasteiger partial charge in [0.25, 0.3) is 15.7 Å². The highest BCUT2D eigenvalue weighted by molar-refractivity contribution is 7.90. The van der Waals surface area contributed by atoms with Crippen molar-refractivity contribution in [1.29, 1.82) is 0 Å². The normalized spacial score (nSPS) is 12.3. The van der Waals surface area contributed by atoms with Crippen molar-refractivity contribution in [3.05, 3.63) is 126 Å². The van der Waals surface area contributed by atoms with E-state index < -0.39 is 135 Å². The molecule has 0 saturated heterocycles. The van der Waals surface area contributed by atoms with Gasteiger partial charge in [0, 0.05) is 25.0 Å². The molecule has 27 nitrogen and oxygen atoms in total. The van der Waals surface area contributed by atoms with Crippen LogP contribution in [0.3, 0.4) is 0 Å². The number of benzene rings is 4. The third-order valence-electron chi connectivity index (χ3n) is 9.38. The van der Waals surface area contributed by atoms with E-state index in [2.05, 4.69) is 19.4 Å². The number of carbonyl (C=O) groups is 6. The summed E-state index contributed by atoms with van der Waals surface area (Å²) >= 11 is 17.2. The quantitative estimate of drug-likeness (QED) is 0.0118. The van der Waals surface area contributed by atoms with E-state index in [1.165, 1.54) is 49.7 Å². The average molecular weight is 1320 g/mol. The van der Waals surface area contributed by atoms with E-state index in [0.29, 0.717) is 12.1 Å². The number of nitrogens with zero attached hydrogens (tertiary/aromatic N) is 3. The minimum atomic E-state index is -4.71.